The van der Waals surface area contributed by atoms with Gasteiger partial charge in [-0.25, -0.2) is 4.98 Å². The summed E-state index contributed by atoms with van der Waals surface area (Å²) in [6, 6.07) is 5.13. The number of hydrogen-bond donors (Lipinski definition) is 2. The minimum atomic E-state index is 0.0358. The lowest BCUT2D eigenvalue weighted by atomic mass is 10.2. The number of aromatic nitrogens is 2. The molecule has 1 heterocycles. The first-order chi connectivity index (χ1) is 7.83. The van der Waals surface area contributed by atoms with E-state index in [9.17, 15) is 4.79 Å². The molecule has 0 unspecified atom stereocenters. The van der Waals surface area contributed by atoms with Gasteiger partial charge in [-0.2, -0.15) is 0 Å². The molecule has 1 aromatic heterocycles. The molecule has 0 amide bonds. The standard InChI is InChI=1S/C11H11N3O2/c15-4-3-12-11-6-13-9-2-1-8(7-16)5-10(9)14-11/h1-2,5-7,15H,3-4H2,(H,12,14). The van der Waals surface area contributed by atoms with Gasteiger partial charge in [0.1, 0.15) is 12.1 Å². The number of carbonyl (C=O) groups excluding carboxylic acids is 1. The molecule has 2 aromatic rings. The van der Waals surface area contributed by atoms with Crippen molar-refractivity contribution in [2.24, 2.45) is 0 Å². The normalized spacial score (nSPS) is 10.3. The third-order valence-electron chi connectivity index (χ3n) is 2.12. The second-order valence-corrected chi connectivity index (χ2v) is 3.27. The van der Waals surface area contributed by atoms with E-state index in [2.05, 4.69) is 15.3 Å². The average Bonchev–Trinajstić information content (AvgIpc) is 2.35. The highest BCUT2D eigenvalue weighted by Gasteiger charge is 2.00. The highest BCUT2D eigenvalue weighted by molar-refractivity contribution is 5.84. The number of aliphatic hydroxyl groups is 1. The van der Waals surface area contributed by atoms with Crippen LogP contribution in [0.1, 0.15) is 10.4 Å². The number of nitrogens with one attached hydrogen (secondary N) is 1. The molecule has 5 heteroatoms. The summed E-state index contributed by atoms with van der Waals surface area (Å²) in [6.45, 7) is 0.460. The SMILES string of the molecule is O=Cc1ccc2ncc(NCCO)nc2c1. The summed E-state index contributed by atoms with van der Waals surface area (Å²) in [7, 11) is 0. The Kier molecular flexibility index (Phi) is 3.07. The number of fused-ring (bicyclic) bond motifs is 1. The minimum absolute atomic E-state index is 0.0358. The lowest BCUT2D eigenvalue weighted by molar-refractivity contribution is 0.112. The lowest BCUT2D eigenvalue weighted by Crippen LogP contribution is -2.07. The van der Waals surface area contributed by atoms with Crippen molar-refractivity contribution in [1.82, 2.24) is 9.97 Å². The Morgan fingerprint density at radius 1 is 1.38 bits per heavy atom. The van der Waals surface area contributed by atoms with Crippen molar-refractivity contribution < 1.29 is 9.90 Å². The van der Waals surface area contributed by atoms with Gasteiger partial charge >= 0.3 is 0 Å². The number of benzene rings is 1. The molecule has 0 radical (unpaired) electrons. The van der Waals surface area contributed by atoms with Crippen molar-refractivity contribution in [3.63, 3.8) is 0 Å². The maximum Gasteiger partial charge on any atom is 0.150 e. The molecule has 0 aliphatic rings. The van der Waals surface area contributed by atoms with E-state index >= 15 is 0 Å². The Hall–Kier alpha value is -2.01. The molecule has 0 aliphatic heterocycles. The highest BCUT2D eigenvalue weighted by atomic mass is 16.3. The van der Waals surface area contributed by atoms with E-state index in [1.807, 2.05) is 0 Å². The van der Waals surface area contributed by atoms with Crippen LogP contribution in [0.15, 0.2) is 24.4 Å². The third-order valence-corrected chi connectivity index (χ3v) is 2.12. The molecular formula is C11H11N3O2. The van der Waals surface area contributed by atoms with Crippen molar-refractivity contribution in [2.45, 2.75) is 0 Å². The molecule has 2 N–H and O–H groups in total. The zero-order chi connectivity index (χ0) is 11.4. The molecule has 0 atom stereocenters. The van der Waals surface area contributed by atoms with Crippen LogP contribution in [0.2, 0.25) is 0 Å². The van der Waals surface area contributed by atoms with Crippen LogP contribution in [0.5, 0.6) is 0 Å². The molecule has 0 saturated carbocycles. The van der Waals surface area contributed by atoms with Crippen LogP contribution in [-0.4, -0.2) is 34.5 Å². The van der Waals surface area contributed by atoms with Crippen LogP contribution < -0.4 is 5.32 Å². The van der Waals surface area contributed by atoms with Crippen LogP contribution in [0.25, 0.3) is 11.0 Å². The van der Waals surface area contributed by atoms with Crippen LogP contribution in [0.4, 0.5) is 5.82 Å². The summed E-state index contributed by atoms with van der Waals surface area (Å²) >= 11 is 0. The third kappa shape index (κ3) is 2.14. The van der Waals surface area contributed by atoms with Crippen molar-refractivity contribution in [1.29, 1.82) is 0 Å². The number of aliphatic hydroxyl groups excluding tert-OH is 1. The first-order valence-electron chi connectivity index (χ1n) is 4.90. The van der Waals surface area contributed by atoms with Gasteiger partial charge in [0.15, 0.2) is 0 Å². The monoisotopic (exact) mass is 217 g/mol. The maximum atomic E-state index is 10.6. The van der Waals surface area contributed by atoms with Crippen molar-refractivity contribution in [2.75, 3.05) is 18.5 Å². The van der Waals surface area contributed by atoms with Gasteiger partial charge in [0.2, 0.25) is 0 Å². The molecule has 2 rings (SSSR count). The number of aldehydes is 1. The van der Waals surface area contributed by atoms with Gasteiger partial charge in [-0.3, -0.25) is 9.78 Å². The Balaban J connectivity index is 2.38. The van der Waals surface area contributed by atoms with Crippen molar-refractivity contribution in [3.8, 4) is 0 Å². The number of nitrogens with zero attached hydrogens (tertiary/aromatic N) is 2. The smallest absolute Gasteiger partial charge is 0.150 e. The summed E-state index contributed by atoms with van der Waals surface area (Å²) < 4.78 is 0. The molecule has 0 saturated heterocycles. The summed E-state index contributed by atoms with van der Waals surface area (Å²) in [5.74, 6) is 0.588. The Morgan fingerprint density at radius 3 is 3.00 bits per heavy atom. The molecule has 5 nitrogen and oxygen atoms in total. The molecule has 1 aromatic carbocycles. The zero-order valence-corrected chi connectivity index (χ0v) is 8.55. The highest BCUT2D eigenvalue weighted by Crippen LogP contribution is 2.13. The topological polar surface area (TPSA) is 75.1 Å². The van der Waals surface area contributed by atoms with Gasteiger partial charge in [-0.1, -0.05) is 0 Å². The predicted molar refractivity (Wildman–Crippen MR) is 60.5 cm³/mol. The number of rotatable bonds is 4. The van der Waals surface area contributed by atoms with Gasteiger partial charge in [0.25, 0.3) is 0 Å². The fourth-order valence-corrected chi connectivity index (χ4v) is 1.37. The Labute approximate surface area is 92.2 Å². The number of anilines is 1. The van der Waals surface area contributed by atoms with E-state index in [1.54, 1.807) is 24.4 Å². The minimum Gasteiger partial charge on any atom is -0.395 e. The largest absolute Gasteiger partial charge is 0.395 e. The van der Waals surface area contributed by atoms with Crippen LogP contribution in [0, 0.1) is 0 Å². The molecule has 16 heavy (non-hydrogen) atoms. The summed E-state index contributed by atoms with van der Waals surface area (Å²) in [6.07, 6.45) is 2.37. The quantitative estimate of drug-likeness (QED) is 0.742. The van der Waals surface area contributed by atoms with Gasteiger partial charge in [-0.15, -0.1) is 0 Å². The first-order valence-corrected chi connectivity index (χ1v) is 4.90. The number of carbonyl (C=O) groups is 1. The maximum absolute atomic E-state index is 10.6. The molecule has 0 aliphatic carbocycles. The zero-order valence-electron chi connectivity index (χ0n) is 8.55. The Morgan fingerprint density at radius 2 is 2.25 bits per heavy atom. The molecule has 0 bridgehead atoms. The summed E-state index contributed by atoms with van der Waals surface area (Å²) in [5, 5.41) is 11.6. The van der Waals surface area contributed by atoms with Crippen LogP contribution >= 0.6 is 0 Å². The molecule has 0 fully saturated rings. The van der Waals surface area contributed by atoms with Crippen LogP contribution in [-0.2, 0) is 0 Å². The van der Waals surface area contributed by atoms with E-state index in [0.717, 1.165) is 11.8 Å². The van der Waals surface area contributed by atoms with E-state index < -0.39 is 0 Å². The fraction of sp³-hybridized carbons (Fsp3) is 0.182. The van der Waals surface area contributed by atoms with Gasteiger partial charge in [0, 0.05) is 12.1 Å². The summed E-state index contributed by atoms with van der Waals surface area (Å²) in [4.78, 5) is 19.1. The summed E-state index contributed by atoms with van der Waals surface area (Å²) in [5.41, 5.74) is 1.97. The van der Waals surface area contributed by atoms with E-state index in [0.29, 0.717) is 23.4 Å². The van der Waals surface area contributed by atoms with E-state index in [-0.39, 0.29) is 6.61 Å². The molecule has 0 spiro atoms. The first kappa shape index (κ1) is 10.5. The molecule has 82 valence electrons. The Bertz CT molecular complexity index is 514. The van der Waals surface area contributed by atoms with Gasteiger partial charge in [0.05, 0.1) is 23.8 Å². The second kappa shape index (κ2) is 4.67. The van der Waals surface area contributed by atoms with E-state index in [4.69, 9.17) is 5.11 Å². The molecular weight excluding hydrogens is 206 g/mol. The van der Waals surface area contributed by atoms with Crippen LogP contribution in [0.3, 0.4) is 0 Å². The van der Waals surface area contributed by atoms with Gasteiger partial charge in [-0.05, 0) is 18.2 Å². The van der Waals surface area contributed by atoms with Crippen molar-refractivity contribution in [3.05, 3.63) is 30.0 Å². The lowest BCUT2D eigenvalue weighted by Gasteiger charge is -2.04. The van der Waals surface area contributed by atoms with E-state index in [1.165, 1.54) is 0 Å². The van der Waals surface area contributed by atoms with Gasteiger partial charge < -0.3 is 10.4 Å². The number of hydrogen-bond acceptors (Lipinski definition) is 5. The second-order valence-electron chi connectivity index (χ2n) is 3.27. The fourth-order valence-electron chi connectivity index (χ4n) is 1.37. The average molecular weight is 217 g/mol. The van der Waals surface area contributed by atoms with Crippen molar-refractivity contribution >= 4 is 23.1 Å². The predicted octanol–water partition coefficient (Wildman–Crippen LogP) is 0.846.